The zero-order chi connectivity index (χ0) is 23.2. The number of nitrogens with zero attached hydrogens (tertiary/aromatic N) is 2. The van der Waals surface area contributed by atoms with Gasteiger partial charge in [-0.15, -0.1) is 0 Å². The van der Waals surface area contributed by atoms with Gasteiger partial charge in [0.2, 0.25) is 0 Å². The average molecular weight is 464 g/mol. The summed E-state index contributed by atoms with van der Waals surface area (Å²) in [5, 5.41) is 9.82. The summed E-state index contributed by atoms with van der Waals surface area (Å²) in [4.78, 5) is 28.6. The number of aryl methyl sites for hydroxylation is 1. The van der Waals surface area contributed by atoms with Crippen molar-refractivity contribution in [1.82, 2.24) is 9.55 Å². The standard InChI is InChI=1S/C24H21N3O5S/c28-15-17-7-3-11-20-22(17)23(29)27(24(30)25-20)18-9-4-10-19(14-18)33(31,32)26-13-5-8-16-6-1-2-12-21(16)26/h1-4,6-7,9-12,14,28H,5,8,13,15H2,(H,25,30). The predicted molar refractivity (Wildman–Crippen MR) is 125 cm³/mol. The van der Waals surface area contributed by atoms with Crippen LogP contribution in [0.2, 0.25) is 0 Å². The van der Waals surface area contributed by atoms with E-state index in [1.54, 1.807) is 30.3 Å². The normalized spacial score (nSPS) is 13.8. The van der Waals surface area contributed by atoms with E-state index < -0.39 is 21.3 Å². The van der Waals surface area contributed by atoms with Crippen molar-refractivity contribution in [1.29, 1.82) is 0 Å². The van der Waals surface area contributed by atoms with Crippen LogP contribution in [0.25, 0.3) is 16.6 Å². The fourth-order valence-electron chi connectivity index (χ4n) is 4.36. The molecule has 0 radical (unpaired) electrons. The number of para-hydroxylation sites is 1. The van der Waals surface area contributed by atoms with E-state index in [9.17, 15) is 23.1 Å². The summed E-state index contributed by atoms with van der Waals surface area (Å²) < 4.78 is 29.3. The first kappa shape index (κ1) is 21.2. The maximum Gasteiger partial charge on any atom is 0.333 e. The Hall–Kier alpha value is -3.69. The molecule has 1 aliphatic rings. The molecule has 0 spiro atoms. The molecule has 1 aromatic heterocycles. The molecular weight excluding hydrogens is 442 g/mol. The minimum absolute atomic E-state index is 0.0152. The Labute approximate surface area is 189 Å². The van der Waals surface area contributed by atoms with Crippen LogP contribution in [0.15, 0.2) is 81.2 Å². The summed E-state index contributed by atoms with van der Waals surface area (Å²) >= 11 is 0. The van der Waals surface area contributed by atoms with Crippen molar-refractivity contribution in [2.75, 3.05) is 10.8 Å². The third-order valence-electron chi connectivity index (χ3n) is 5.91. The van der Waals surface area contributed by atoms with Gasteiger partial charge in [0.05, 0.1) is 33.8 Å². The minimum Gasteiger partial charge on any atom is -0.392 e. The third-order valence-corrected chi connectivity index (χ3v) is 7.72. The highest BCUT2D eigenvalue weighted by Crippen LogP contribution is 2.32. The molecule has 0 saturated heterocycles. The maximum atomic E-state index is 13.5. The molecule has 9 heteroatoms. The first-order valence-electron chi connectivity index (χ1n) is 10.5. The number of nitrogens with one attached hydrogen (secondary N) is 1. The van der Waals surface area contributed by atoms with Crippen LogP contribution in [0.1, 0.15) is 17.5 Å². The van der Waals surface area contributed by atoms with Crippen molar-refractivity contribution >= 4 is 26.6 Å². The predicted octanol–water partition coefficient (Wildman–Crippen LogP) is 2.31. The van der Waals surface area contributed by atoms with Crippen molar-refractivity contribution in [2.45, 2.75) is 24.3 Å². The lowest BCUT2D eigenvalue weighted by molar-refractivity contribution is 0.283. The number of aromatic amines is 1. The van der Waals surface area contributed by atoms with E-state index in [-0.39, 0.29) is 22.6 Å². The van der Waals surface area contributed by atoms with Crippen LogP contribution >= 0.6 is 0 Å². The fraction of sp³-hybridized carbons (Fsp3) is 0.167. The van der Waals surface area contributed by atoms with Crippen molar-refractivity contribution in [2.24, 2.45) is 0 Å². The molecule has 33 heavy (non-hydrogen) atoms. The highest BCUT2D eigenvalue weighted by Gasteiger charge is 2.29. The van der Waals surface area contributed by atoms with Gasteiger partial charge < -0.3 is 10.1 Å². The number of hydrogen-bond donors (Lipinski definition) is 2. The molecule has 1 aliphatic heterocycles. The number of aliphatic hydroxyl groups is 1. The van der Waals surface area contributed by atoms with E-state index >= 15 is 0 Å². The first-order valence-corrected chi connectivity index (χ1v) is 11.9. The number of fused-ring (bicyclic) bond motifs is 2. The summed E-state index contributed by atoms with van der Waals surface area (Å²) in [6.45, 7) is -0.0264. The zero-order valence-corrected chi connectivity index (χ0v) is 18.4. The molecule has 8 nitrogen and oxygen atoms in total. The molecule has 2 N–H and O–H groups in total. The lowest BCUT2D eigenvalue weighted by atomic mass is 10.0. The van der Waals surface area contributed by atoms with Gasteiger partial charge in [-0.2, -0.15) is 0 Å². The summed E-state index contributed by atoms with van der Waals surface area (Å²) in [5.74, 6) is 0. The molecule has 0 fully saturated rings. The van der Waals surface area contributed by atoms with E-state index in [1.807, 2.05) is 12.1 Å². The number of aliphatic hydroxyl groups excluding tert-OH is 1. The molecule has 0 bridgehead atoms. The fourth-order valence-corrected chi connectivity index (χ4v) is 5.94. The van der Waals surface area contributed by atoms with Crippen LogP contribution < -0.4 is 15.6 Å². The second-order valence-electron chi connectivity index (χ2n) is 7.88. The zero-order valence-electron chi connectivity index (χ0n) is 17.6. The molecule has 0 aliphatic carbocycles. The second-order valence-corrected chi connectivity index (χ2v) is 9.74. The lowest BCUT2D eigenvalue weighted by Crippen LogP contribution is -2.36. The number of anilines is 1. The van der Waals surface area contributed by atoms with Crippen molar-refractivity contribution in [3.63, 3.8) is 0 Å². The summed E-state index contributed by atoms with van der Waals surface area (Å²) in [7, 11) is -3.92. The van der Waals surface area contributed by atoms with Crippen molar-refractivity contribution < 1.29 is 13.5 Å². The van der Waals surface area contributed by atoms with Gasteiger partial charge in [-0.25, -0.2) is 17.8 Å². The van der Waals surface area contributed by atoms with Gasteiger partial charge in [0.1, 0.15) is 0 Å². The van der Waals surface area contributed by atoms with E-state index in [2.05, 4.69) is 4.98 Å². The number of sulfonamides is 1. The van der Waals surface area contributed by atoms with Gasteiger partial charge in [0.25, 0.3) is 15.6 Å². The Bertz CT molecular complexity index is 1600. The molecule has 2 heterocycles. The molecular formula is C24H21N3O5S. The second kappa shape index (κ2) is 8.02. The quantitative estimate of drug-likeness (QED) is 0.482. The Balaban J connectivity index is 1.67. The van der Waals surface area contributed by atoms with Crippen LogP contribution in [0.4, 0.5) is 5.69 Å². The molecule has 4 aromatic rings. The topological polar surface area (TPSA) is 112 Å². The smallest absolute Gasteiger partial charge is 0.333 e. The van der Waals surface area contributed by atoms with Crippen molar-refractivity contribution in [3.8, 4) is 5.69 Å². The average Bonchev–Trinajstić information content (AvgIpc) is 2.83. The SMILES string of the molecule is O=c1[nH]c2cccc(CO)c2c(=O)n1-c1cccc(S(=O)(=O)N2CCCc3ccccc32)c1. The van der Waals surface area contributed by atoms with Gasteiger partial charge in [0.15, 0.2) is 0 Å². The Kier molecular flexibility index (Phi) is 5.15. The number of benzene rings is 3. The number of aromatic nitrogens is 2. The van der Waals surface area contributed by atoms with Gasteiger partial charge in [-0.05, 0) is 54.3 Å². The Morgan fingerprint density at radius 1 is 0.970 bits per heavy atom. The largest absolute Gasteiger partial charge is 0.392 e. The van der Waals surface area contributed by atoms with Crippen molar-refractivity contribution in [3.05, 3.63) is 98.7 Å². The van der Waals surface area contributed by atoms with E-state index in [0.29, 0.717) is 29.7 Å². The van der Waals surface area contributed by atoms with Crippen LogP contribution in [-0.2, 0) is 23.1 Å². The van der Waals surface area contributed by atoms with Crippen LogP contribution in [0, 0.1) is 0 Å². The van der Waals surface area contributed by atoms with Gasteiger partial charge >= 0.3 is 5.69 Å². The lowest BCUT2D eigenvalue weighted by Gasteiger charge is -2.30. The molecule has 0 atom stereocenters. The molecule has 0 amide bonds. The third kappa shape index (κ3) is 3.46. The highest BCUT2D eigenvalue weighted by atomic mass is 32.2. The summed E-state index contributed by atoms with van der Waals surface area (Å²) in [6, 6.07) is 18.0. The first-order chi connectivity index (χ1) is 15.9. The highest BCUT2D eigenvalue weighted by molar-refractivity contribution is 7.92. The minimum atomic E-state index is -3.92. The van der Waals surface area contributed by atoms with Gasteiger partial charge in [0, 0.05) is 6.54 Å². The Morgan fingerprint density at radius 2 is 1.76 bits per heavy atom. The number of hydrogen-bond acceptors (Lipinski definition) is 5. The summed E-state index contributed by atoms with van der Waals surface area (Å²) in [6.07, 6.45) is 1.50. The van der Waals surface area contributed by atoms with E-state index in [0.717, 1.165) is 16.6 Å². The van der Waals surface area contributed by atoms with Crippen LogP contribution in [-0.4, -0.2) is 29.6 Å². The monoisotopic (exact) mass is 463 g/mol. The maximum absolute atomic E-state index is 13.5. The summed E-state index contributed by atoms with van der Waals surface area (Å²) in [5.41, 5.74) is 1.08. The number of rotatable bonds is 4. The van der Waals surface area contributed by atoms with E-state index in [1.165, 1.54) is 28.6 Å². The Morgan fingerprint density at radius 3 is 2.58 bits per heavy atom. The molecule has 0 unspecified atom stereocenters. The van der Waals surface area contributed by atoms with Gasteiger partial charge in [-0.1, -0.05) is 36.4 Å². The van der Waals surface area contributed by atoms with Gasteiger partial charge in [-0.3, -0.25) is 9.10 Å². The molecule has 168 valence electrons. The molecule has 0 saturated carbocycles. The van der Waals surface area contributed by atoms with Crippen LogP contribution in [0.3, 0.4) is 0 Å². The molecule has 5 rings (SSSR count). The van der Waals surface area contributed by atoms with E-state index in [4.69, 9.17) is 0 Å². The van der Waals surface area contributed by atoms with Crippen LogP contribution in [0.5, 0.6) is 0 Å². The molecule has 3 aromatic carbocycles. The number of H-pyrrole nitrogens is 1.